The number of amides is 1. The summed E-state index contributed by atoms with van der Waals surface area (Å²) in [4.78, 5) is 17.6. The highest BCUT2D eigenvalue weighted by Gasteiger charge is 2.26. The Hall–Kier alpha value is -1.39. The van der Waals surface area contributed by atoms with Crippen LogP contribution in [0.15, 0.2) is 24.3 Å². The van der Waals surface area contributed by atoms with Crippen molar-refractivity contribution in [2.75, 3.05) is 46.3 Å². The molecule has 2 fully saturated rings. The van der Waals surface area contributed by atoms with E-state index in [1.54, 1.807) is 0 Å². The monoisotopic (exact) mass is 329 g/mol. The first-order valence-electron chi connectivity index (χ1n) is 9.52. The summed E-state index contributed by atoms with van der Waals surface area (Å²) in [5.74, 6) is 0.994. The van der Waals surface area contributed by atoms with Gasteiger partial charge in [-0.25, -0.2) is 0 Å². The molecular formula is C20H31N3O. The molecule has 1 N–H and O–H groups in total. The maximum atomic E-state index is 12.9. The molecule has 4 heteroatoms. The van der Waals surface area contributed by atoms with E-state index in [1.807, 2.05) is 25.2 Å². The second kappa shape index (κ2) is 8.63. The smallest absolute Gasteiger partial charge is 0.254 e. The van der Waals surface area contributed by atoms with Crippen molar-refractivity contribution < 1.29 is 4.79 Å². The largest absolute Gasteiger partial charge is 0.339 e. The normalized spacial score (nSPS) is 19.8. The van der Waals surface area contributed by atoms with Gasteiger partial charge in [0.25, 0.3) is 5.91 Å². The molecule has 0 atom stereocenters. The van der Waals surface area contributed by atoms with Gasteiger partial charge in [0.1, 0.15) is 0 Å². The van der Waals surface area contributed by atoms with Crippen LogP contribution in [-0.2, 0) is 6.42 Å². The minimum atomic E-state index is 0.223. The first-order chi connectivity index (χ1) is 11.8. The number of nitrogens with zero attached hydrogens (tertiary/aromatic N) is 2. The van der Waals surface area contributed by atoms with E-state index in [2.05, 4.69) is 21.2 Å². The van der Waals surface area contributed by atoms with Gasteiger partial charge in [0.2, 0.25) is 0 Å². The summed E-state index contributed by atoms with van der Waals surface area (Å²) in [6.07, 6.45) is 5.94. The highest BCUT2D eigenvalue weighted by atomic mass is 16.2. The van der Waals surface area contributed by atoms with Crippen molar-refractivity contribution in [3.63, 3.8) is 0 Å². The Morgan fingerprint density at radius 3 is 2.54 bits per heavy atom. The van der Waals surface area contributed by atoms with E-state index in [4.69, 9.17) is 0 Å². The van der Waals surface area contributed by atoms with Gasteiger partial charge in [-0.3, -0.25) is 4.79 Å². The van der Waals surface area contributed by atoms with Crippen LogP contribution in [0.2, 0.25) is 0 Å². The zero-order chi connectivity index (χ0) is 16.8. The van der Waals surface area contributed by atoms with Crippen LogP contribution < -0.4 is 5.32 Å². The molecule has 0 spiro atoms. The average Bonchev–Trinajstić information content (AvgIpc) is 3.13. The van der Waals surface area contributed by atoms with Crippen molar-refractivity contribution in [1.82, 2.24) is 15.1 Å². The Labute approximate surface area is 146 Å². The Bertz CT molecular complexity index is 531. The first-order valence-corrected chi connectivity index (χ1v) is 9.52. The van der Waals surface area contributed by atoms with Gasteiger partial charge in [-0.2, -0.15) is 0 Å². The number of carbonyl (C=O) groups is 1. The highest BCUT2D eigenvalue weighted by molar-refractivity contribution is 5.95. The Balaban J connectivity index is 1.55. The molecule has 3 rings (SSSR count). The fraction of sp³-hybridized carbons (Fsp3) is 0.650. The fourth-order valence-corrected chi connectivity index (χ4v) is 4.03. The maximum Gasteiger partial charge on any atom is 0.254 e. The number of hydrogen-bond acceptors (Lipinski definition) is 3. The molecule has 2 saturated heterocycles. The molecule has 2 aliphatic rings. The Morgan fingerprint density at radius 2 is 1.83 bits per heavy atom. The number of piperidine rings is 1. The average molecular weight is 329 g/mol. The lowest BCUT2D eigenvalue weighted by Crippen LogP contribution is -2.41. The van der Waals surface area contributed by atoms with E-state index < -0.39 is 0 Å². The number of nitrogens with one attached hydrogen (secondary N) is 1. The fourth-order valence-electron chi connectivity index (χ4n) is 4.03. The molecule has 0 aliphatic carbocycles. The Morgan fingerprint density at radius 1 is 1.12 bits per heavy atom. The van der Waals surface area contributed by atoms with Gasteiger partial charge in [-0.1, -0.05) is 18.2 Å². The van der Waals surface area contributed by atoms with Crippen molar-refractivity contribution in [2.45, 2.75) is 32.1 Å². The summed E-state index contributed by atoms with van der Waals surface area (Å²) in [7, 11) is 1.95. The number of benzene rings is 1. The van der Waals surface area contributed by atoms with Crippen LogP contribution in [0.25, 0.3) is 0 Å². The van der Waals surface area contributed by atoms with Crippen molar-refractivity contribution in [2.24, 2.45) is 5.92 Å². The number of carbonyl (C=O) groups excluding carboxylic acids is 1. The topological polar surface area (TPSA) is 35.6 Å². The highest BCUT2D eigenvalue weighted by Crippen LogP contribution is 2.23. The van der Waals surface area contributed by atoms with Crippen LogP contribution in [0.5, 0.6) is 0 Å². The summed E-state index contributed by atoms with van der Waals surface area (Å²) in [5, 5.41) is 3.17. The third kappa shape index (κ3) is 4.37. The third-order valence-electron chi connectivity index (χ3n) is 5.51. The number of likely N-dealkylation sites (N-methyl/N-ethyl adjacent to an activating group) is 1. The van der Waals surface area contributed by atoms with Crippen LogP contribution in [-0.4, -0.2) is 62.0 Å². The second-order valence-electron chi connectivity index (χ2n) is 7.25. The van der Waals surface area contributed by atoms with E-state index in [0.29, 0.717) is 0 Å². The van der Waals surface area contributed by atoms with Gasteiger partial charge in [0, 0.05) is 25.2 Å². The molecule has 0 unspecified atom stereocenters. The number of hydrogen-bond donors (Lipinski definition) is 1. The molecule has 24 heavy (non-hydrogen) atoms. The van der Waals surface area contributed by atoms with Crippen LogP contribution in [0.1, 0.15) is 41.6 Å². The third-order valence-corrected chi connectivity index (χ3v) is 5.51. The summed E-state index contributed by atoms with van der Waals surface area (Å²) in [6.45, 7) is 6.52. The molecule has 1 aromatic rings. The summed E-state index contributed by atoms with van der Waals surface area (Å²) < 4.78 is 0. The van der Waals surface area contributed by atoms with Gasteiger partial charge in [-0.15, -0.1) is 0 Å². The standard InChI is InChI=1S/C20H31N3O/c1-21-11-8-18-6-2-3-7-19(18)20(24)23-14-9-17(10-15-23)16-22-12-4-5-13-22/h2-3,6-7,17,21H,4-5,8-16H2,1H3. The number of likely N-dealkylation sites (tertiary alicyclic amines) is 2. The lowest BCUT2D eigenvalue weighted by Gasteiger charge is -2.34. The van der Waals surface area contributed by atoms with E-state index in [0.717, 1.165) is 55.9 Å². The molecule has 0 bridgehead atoms. The quantitative estimate of drug-likeness (QED) is 0.870. The first kappa shape index (κ1) is 17.4. The van der Waals surface area contributed by atoms with Gasteiger partial charge in [-0.05, 0) is 76.3 Å². The van der Waals surface area contributed by atoms with E-state index in [9.17, 15) is 4.79 Å². The van der Waals surface area contributed by atoms with Crippen LogP contribution in [0.4, 0.5) is 0 Å². The SMILES string of the molecule is CNCCc1ccccc1C(=O)N1CCC(CN2CCCC2)CC1. The van der Waals surface area contributed by atoms with E-state index in [-0.39, 0.29) is 5.91 Å². The Kier molecular flexibility index (Phi) is 6.27. The molecule has 0 aromatic heterocycles. The lowest BCUT2D eigenvalue weighted by molar-refractivity contribution is 0.0672. The van der Waals surface area contributed by atoms with Crippen LogP contribution >= 0.6 is 0 Å². The predicted molar refractivity (Wildman–Crippen MR) is 98.4 cm³/mol. The van der Waals surface area contributed by atoms with Crippen LogP contribution in [0, 0.1) is 5.92 Å². The molecule has 132 valence electrons. The van der Waals surface area contributed by atoms with Crippen molar-refractivity contribution in [1.29, 1.82) is 0 Å². The zero-order valence-corrected chi connectivity index (χ0v) is 15.0. The summed E-state index contributed by atoms with van der Waals surface area (Å²) in [6, 6.07) is 8.09. The molecule has 2 aliphatic heterocycles. The zero-order valence-electron chi connectivity index (χ0n) is 15.0. The minimum absolute atomic E-state index is 0.223. The molecule has 1 amide bonds. The van der Waals surface area contributed by atoms with Crippen molar-refractivity contribution in [3.8, 4) is 0 Å². The molecule has 4 nitrogen and oxygen atoms in total. The molecule has 1 aromatic carbocycles. The van der Waals surface area contributed by atoms with Gasteiger partial charge >= 0.3 is 0 Å². The molecular weight excluding hydrogens is 298 g/mol. The number of rotatable bonds is 6. The minimum Gasteiger partial charge on any atom is -0.339 e. The van der Waals surface area contributed by atoms with Crippen molar-refractivity contribution in [3.05, 3.63) is 35.4 Å². The van der Waals surface area contributed by atoms with Gasteiger partial charge in [0.05, 0.1) is 0 Å². The predicted octanol–water partition coefficient (Wildman–Crippen LogP) is 2.40. The van der Waals surface area contributed by atoms with Crippen LogP contribution in [0.3, 0.4) is 0 Å². The van der Waals surface area contributed by atoms with Gasteiger partial charge in [0.15, 0.2) is 0 Å². The van der Waals surface area contributed by atoms with E-state index >= 15 is 0 Å². The molecule has 0 saturated carbocycles. The molecule has 2 heterocycles. The van der Waals surface area contributed by atoms with Gasteiger partial charge < -0.3 is 15.1 Å². The second-order valence-corrected chi connectivity index (χ2v) is 7.25. The molecule has 0 radical (unpaired) electrons. The maximum absolute atomic E-state index is 12.9. The van der Waals surface area contributed by atoms with E-state index in [1.165, 1.54) is 32.5 Å². The summed E-state index contributed by atoms with van der Waals surface area (Å²) >= 11 is 0. The summed E-state index contributed by atoms with van der Waals surface area (Å²) in [5.41, 5.74) is 2.06. The lowest BCUT2D eigenvalue weighted by atomic mass is 9.95. The van der Waals surface area contributed by atoms with Crippen molar-refractivity contribution >= 4 is 5.91 Å².